The minimum atomic E-state index is -0.167. The molecule has 4 heteroatoms. The van der Waals surface area contributed by atoms with Crippen LogP contribution in [-0.4, -0.2) is 24.5 Å². The quantitative estimate of drug-likeness (QED) is 0.889. The SMILES string of the molecule is CCNC(C)c1cc(F)ccc1SC1CCOC1C. The van der Waals surface area contributed by atoms with Crippen LogP contribution in [0.1, 0.15) is 38.8 Å². The maximum absolute atomic E-state index is 13.5. The Bertz CT molecular complexity index is 427. The fourth-order valence-corrected chi connectivity index (χ4v) is 3.74. The molecule has 1 heterocycles. The standard InChI is InChI=1S/C15H22FNOS/c1-4-17-10(2)13-9-12(16)5-6-15(13)19-14-7-8-18-11(14)3/h5-6,9-11,14,17H,4,7-8H2,1-3H3. The van der Waals surface area contributed by atoms with Crippen molar-refractivity contribution in [1.82, 2.24) is 5.32 Å². The Labute approximate surface area is 119 Å². The van der Waals surface area contributed by atoms with Gasteiger partial charge < -0.3 is 10.1 Å². The van der Waals surface area contributed by atoms with Gasteiger partial charge >= 0.3 is 0 Å². The normalized spacial score (nSPS) is 24.6. The van der Waals surface area contributed by atoms with E-state index in [9.17, 15) is 4.39 Å². The molecular weight excluding hydrogens is 261 g/mol. The van der Waals surface area contributed by atoms with Crippen LogP contribution in [0.25, 0.3) is 0 Å². The van der Waals surface area contributed by atoms with Crippen molar-refractivity contribution in [2.75, 3.05) is 13.2 Å². The average molecular weight is 283 g/mol. The minimum Gasteiger partial charge on any atom is -0.377 e. The molecule has 0 aromatic heterocycles. The first-order valence-electron chi connectivity index (χ1n) is 6.93. The largest absolute Gasteiger partial charge is 0.377 e. The molecule has 3 unspecified atom stereocenters. The van der Waals surface area contributed by atoms with Gasteiger partial charge in [-0.1, -0.05) is 6.92 Å². The zero-order valence-corrected chi connectivity index (χ0v) is 12.6. The number of hydrogen-bond acceptors (Lipinski definition) is 3. The van der Waals surface area contributed by atoms with Crippen LogP contribution in [0.3, 0.4) is 0 Å². The summed E-state index contributed by atoms with van der Waals surface area (Å²) >= 11 is 1.82. The Morgan fingerprint density at radius 1 is 1.53 bits per heavy atom. The molecule has 1 aliphatic rings. The third-order valence-corrected chi connectivity index (χ3v) is 5.08. The second-order valence-electron chi connectivity index (χ2n) is 4.98. The fraction of sp³-hybridized carbons (Fsp3) is 0.600. The number of thioether (sulfide) groups is 1. The fourth-order valence-electron chi connectivity index (χ4n) is 2.41. The van der Waals surface area contributed by atoms with Crippen molar-refractivity contribution in [2.24, 2.45) is 0 Å². The van der Waals surface area contributed by atoms with Crippen molar-refractivity contribution in [3.8, 4) is 0 Å². The van der Waals surface area contributed by atoms with Crippen LogP contribution in [0.4, 0.5) is 4.39 Å². The number of hydrogen-bond donors (Lipinski definition) is 1. The summed E-state index contributed by atoms with van der Waals surface area (Å²) < 4.78 is 19.1. The molecule has 0 amide bonds. The molecule has 0 spiro atoms. The molecule has 1 saturated heterocycles. The lowest BCUT2D eigenvalue weighted by molar-refractivity contribution is 0.127. The van der Waals surface area contributed by atoms with Crippen LogP contribution in [0, 0.1) is 5.82 Å². The molecule has 1 N–H and O–H groups in total. The zero-order valence-electron chi connectivity index (χ0n) is 11.8. The number of benzene rings is 1. The van der Waals surface area contributed by atoms with E-state index in [2.05, 4.69) is 26.1 Å². The van der Waals surface area contributed by atoms with Gasteiger partial charge in [0.15, 0.2) is 0 Å². The van der Waals surface area contributed by atoms with Crippen molar-refractivity contribution < 1.29 is 9.13 Å². The molecule has 0 radical (unpaired) electrons. The van der Waals surface area contributed by atoms with Crippen molar-refractivity contribution in [3.05, 3.63) is 29.6 Å². The monoisotopic (exact) mass is 283 g/mol. The van der Waals surface area contributed by atoms with Crippen LogP contribution >= 0.6 is 11.8 Å². The highest BCUT2D eigenvalue weighted by atomic mass is 32.2. The van der Waals surface area contributed by atoms with Crippen molar-refractivity contribution in [3.63, 3.8) is 0 Å². The summed E-state index contributed by atoms with van der Waals surface area (Å²) in [5.41, 5.74) is 1.05. The molecule has 106 valence electrons. The number of nitrogens with one attached hydrogen (secondary N) is 1. The third-order valence-electron chi connectivity index (χ3n) is 3.53. The lowest BCUT2D eigenvalue weighted by Gasteiger charge is -2.20. The summed E-state index contributed by atoms with van der Waals surface area (Å²) in [6.45, 7) is 7.97. The molecule has 0 bridgehead atoms. The van der Waals surface area contributed by atoms with E-state index < -0.39 is 0 Å². The number of halogens is 1. The Morgan fingerprint density at radius 3 is 2.95 bits per heavy atom. The molecule has 1 fully saturated rings. The number of rotatable bonds is 5. The van der Waals surface area contributed by atoms with E-state index in [1.807, 2.05) is 17.8 Å². The maximum atomic E-state index is 13.5. The van der Waals surface area contributed by atoms with Gasteiger partial charge in [0, 0.05) is 22.8 Å². The van der Waals surface area contributed by atoms with Crippen molar-refractivity contribution in [1.29, 1.82) is 0 Å². The summed E-state index contributed by atoms with van der Waals surface area (Å²) in [6, 6.07) is 5.26. The third kappa shape index (κ3) is 3.71. The topological polar surface area (TPSA) is 21.3 Å². The molecule has 0 saturated carbocycles. The van der Waals surface area contributed by atoms with Crippen molar-refractivity contribution >= 4 is 11.8 Å². The van der Waals surface area contributed by atoms with E-state index in [0.717, 1.165) is 30.0 Å². The zero-order chi connectivity index (χ0) is 13.8. The molecule has 1 aliphatic heterocycles. The second kappa shape index (κ2) is 6.73. The van der Waals surface area contributed by atoms with Gasteiger partial charge in [-0.15, -0.1) is 11.8 Å². The predicted molar refractivity (Wildman–Crippen MR) is 78.2 cm³/mol. The average Bonchev–Trinajstić information content (AvgIpc) is 2.77. The molecule has 1 aromatic rings. The second-order valence-corrected chi connectivity index (χ2v) is 6.26. The summed E-state index contributed by atoms with van der Waals surface area (Å²) in [5.74, 6) is -0.167. The summed E-state index contributed by atoms with van der Waals surface area (Å²) in [6.07, 6.45) is 1.34. The lowest BCUT2D eigenvalue weighted by atomic mass is 10.1. The van der Waals surface area contributed by atoms with Gasteiger partial charge in [-0.05, 0) is 50.6 Å². The van der Waals surface area contributed by atoms with Crippen LogP contribution in [0.5, 0.6) is 0 Å². The summed E-state index contributed by atoms with van der Waals surface area (Å²) in [4.78, 5) is 1.16. The minimum absolute atomic E-state index is 0.167. The van der Waals surface area contributed by atoms with Gasteiger partial charge in [-0.2, -0.15) is 0 Å². The van der Waals surface area contributed by atoms with Gasteiger partial charge in [0.05, 0.1) is 6.10 Å². The molecule has 1 aromatic carbocycles. The van der Waals surface area contributed by atoms with Gasteiger partial charge in [0.25, 0.3) is 0 Å². The van der Waals surface area contributed by atoms with E-state index in [-0.39, 0.29) is 18.0 Å². The van der Waals surface area contributed by atoms with Crippen LogP contribution in [0.15, 0.2) is 23.1 Å². The Balaban J connectivity index is 2.18. The molecule has 19 heavy (non-hydrogen) atoms. The molecule has 2 nitrogen and oxygen atoms in total. The Morgan fingerprint density at radius 2 is 2.32 bits per heavy atom. The maximum Gasteiger partial charge on any atom is 0.123 e. The van der Waals surface area contributed by atoms with Crippen LogP contribution in [-0.2, 0) is 4.74 Å². The highest BCUT2D eigenvalue weighted by Crippen LogP contribution is 2.36. The summed E-state index contributed by atoms with van der Waals surface area (Å²) in [5, 5.41) is 3.82. The molecule has 2 rings (SSSR count). The van der Waals surface area contributed by atoms with E-state index >= 15 is 0 Å². The van der Waals surface area contributed by atoms with Crippen LogP contribution in [0.2, 0.25) is 0 Å². The van der Waals surface area contributed by atoms with Gasteiger partial charge in [-0.25, -0.2) is 4.39 Å². The van der Waals surface area contributed by atoms with Gasteiger partial charge in [0.1, 0.15) is 5.82 Å². The molecular formula is C15H22FNOS. The smallest absolute Gasteiger partial charge is 0.123 e. The highest BCUT2D eigenvalue weighted by Gasteiger charge is 2.26. The van der Waals surface area contributed by atoms with E-state index in [1.165, 1.54) is 0 Å². The van der Waals surface area contributed by atoms with Crippen LogP contribution < -0.4 is 5.32 Å². The Kier molecular flexibility index (Phi) is 5.25. The van der Waals surface area contributed by atoms with Gasteiger partial charge in [-0.3, -0.25) is 0 Å². The van der Waals surface area contributed by atoms with Crippen molar-refractivity contribution in [2.45, 2.75) is 49.5 Å². The highest BCUT2D eigenvalue weighted by molar-refractivity contribution is 8.00. The van der Waals surface area contributed by atoms with Gasteiger partial charge in [0.2, 0.25) is 0 Å². The van der Waals surface area contributed by atoms with E-state index in [1.54, 1.807) is 12.1 Å². The molecule has 3 atom stereocenters. The first kappa shape index (κ1) is 14.8. The first-order chi connectivity index (χ1) is 9.11. The lowest BCUT2D eigenvalue weighted by Crippen LogP contribution is -2.19. The number of ether oxygens (including phenoxy) is 1. The summed E-state index contributed by atoms with van der Waals surface area (Å²) in [7, 11) is 0. The molecule has 0 aliphatic carbocycles. The first-order valence-corrected chi connectivity index (χ1v) is 7.81. The predicted octanol–water partition coefficient (Wildman–Crippen LogP) is 3.77. The van der Waals surface area contributed by atoms with E-state index in [0.29, 0.717) is 5.25 Å². The van der Waals surface area contributed by atoms with E-state index in [4.69, 9.17) is 4.74 Å². The Hall–Kier alpha value is -0.580.